The number of allylic oxidation sites excluding steroid dienone is 4. The van der Waals surface area contributed by atoms with Gasteiger partial charge >= 0.3 is 56.4 Å². The summed E-state index contributed by atoms with van der Waals surface area (Å²) < 4.78 is 0. The number of hydrogen-bond acceptors (Lipinski definition) is 0. The van der Waals surface area contributed by atoms with Gasteiger partial charge in [-0.05, 0) is 12.8 Å². The molecule has 20 heavy (non-hydrogen) atoms. The second-order valence-electron chi connectivity index (χ2n) is 4.42. The molecule has 4 atom stereocenters. The Bertz CT molecular complexity index is 234. The minimum atomic E-state index is 0.184. The molecular weight excluding hydrogens is 700 g/mol. The first kappa shape index (κ1) is 24.3. The Morgan fingerprint density at radius 3 is 1.20 bits per heavy atom. The maximum atomic E-state index is 5.82. The van der Waals surface area contributed by atoms with Crippen molar-refractivity contribution in [1.82, 2.24) is 0 Å². The van der Waals surface area contributed by atoms with Crippen LogP contribution in [0.5, 0.6) is 0 Å². The normalized spacial score (nSPS) is 30.9. The van der Waals surface area contributed by atoms with Gasteiger partial charge in [-0.2, -0.15) is 0 Å². The zero-order chi connectivity index (χ0) is 16.0. The van der Waals surface area contributed by atoms with Gasteiger partial charge in [0.1, 0.15) is 0 Å². The summed E-state index contributed by atoms with van der Waals surface area (Å²) >= 11 is 14.9. The number of halogens is 4. The van der Waals surface area contributed by atoms with Crippen LogP contribution in [-0.4, -0.2) is 10.8 Å². The van der Waals surface area contributed by atoms with Gasteiger partial charge in [0.25, 0.3) is 0 Å². The van der Waals surface area contributed by atoms with Gasteiger partial charge in [-0.3, -0.25) is 0 Å². The molecule has 0 saturated carbocycles. The Morgan fingerprint density at radius 2 is 1.05 bits per heavy atom. The van der Waals surface area contributed by atoms with E-state index in [0.29, 0.717) is 11.8 Å². The Hall–Kier alpha value is 2.02. The van der Waals surface area contributed by atoms with Crippen LogP contribution < -0.4 is 0 Å². The van der Waals surface area contributed by atoms with Crippen molar-refractivity contribution in [2.24, 2.45) is 11.8 Å². The maximum absolute atomic E-state index is 5.82. The Balaban J connectivity index is 0. The van der Waals surface area contributed by atoms with E-state index in [2.05, 4.69) is 44.8 Å². The van der Waals surface area contributed by atoms with E-state index in [0.717, 1.165) is 25.7 Å². The molecule has 0 amide bonds. The summed E-state index contributed by atoms with van der Waals surface area (Å²) in [5.74, 6) is 0.864. The van der Waals surface area contributed by atoms with E-state index >= 15 is 0 Å². The Morgan fingerprint density at radius 1 is 0.750 bits per heavy atom. The molecule has 0 N–H and O–H groups in total. The molecule has 0 unspecified atom stereocenters. The number of hydrogen-bond donors (Lipinski definition) is 0. The summed E-state index contributed by atoms with van der Waals surface area (Å²) in [6.45, 7) is 7.79. The molecule has 0 bridgehead atoms. The summed E-state index contributed by atoms with van der Waals surface area (Å²) in [5.41, 5.74) is 0. The van der Waals surface area contributed by atoms with Crippen LogP contribution in [-0.2, 0) is 37.5 Å². The van der Waals surface area contributed by atoms with E-state index in [9.17, 15) is 0 Å². The van der Waals surface area contributed by atoms with Crippen molar-refractivity contribution < 1.29 is 37.5 Å². The molecule has 0 fully saturated rings. The molecule has 0 aromatic carbocycles. The van der Waals surface area contributed by atoms with Gasteiger partial charge in [0.2, 0.25) is 0 Å². The Kier molecular flexibility index (Phi) is 21.1. The summed E-state index contributed by atoms with van der Waals surface area (Å²) in [5, 5.41) is 0.368. The standard InChI is InChI=1S/2C7H10Cl.2ClH.2Pt/c2*1-6-4-2-3-5-7(6)8;;;;/h2*3,5-7H,1-2,4H2;2*1H;;/q2*-1;;;2*+2/p-2/t2*6-,7-;;;;/m00..../s1. The van der Waals surface area contributed by atoms with E-state index in [1.807, 2.05) is 12.2 Å². The van der Waals surface area contributed by atoms with Gasteiger partial charge in [-0.25, -0.2) is 0 Å². The van der Waals surface area contributed by atoms with Gasteiger partial charge < -0.3 is 13.8 Å². The van der Waals surface area contributed by atoms with E-state index < -0.39 is 0 Å². The summed E-state index contributed by atoms with van der Waals surface area (Å²) in [7, 11) is 9.22. The molecule has 2 rings (SSSR count). The molecular formula is C14H20Cl4Pt2. The SMILES string of the molecule is [CH2-][C@H]1CCC=C[C@@H]1Cl.[CH2-][C@H]1CCC=C[C@@H]1Cl.[Cl][Pt+].[Cl][Pt+]. The second-order valence-corrected chi connectivity index (χ2v) is 5.43. The molecule has 0 aliphatic heterocycles. The van der Waals surface area contributed by atoms with Crippen molar-refractivity contribution in [3.8, 4) is 0 Å². The third-order valence-corrected chi connectivity index (χ3v) is 3.95. The number of alkyl halides is 2. The fourth-order valence-corrected chi connectivity index (χ4v) is 2.16. The molecule has 0 saturated heterocycles. The molecule has 2 aliphatic carbocycles. The minimum absolute atomic E-state index is 0.184. The van der Waals surface area contributed by atoms with E-state index in [1.165, 1.54) is 0 Å². The second kappa shape index (κ2) is 17.4. The predicted octanol–water partition coefficient (Wildman–Crippen LogP) is 6.16. The van der Waals surface area contributed by atoms with Crippen LogP contribution >= 0.6 is 42.0 Å². The average molecular weight is 720 g/mol. The first-order chi connectivity index (χ1) is 9.61. The molecule has 0 nitrogen and oxygen atoms in total. The average Bonchev–Trinajstić information content (AvgIpc) is 2.50. The van der Waals surface area contributed by atoms with Gasteiger partial charge in [0.15, 0.2) is 0 Å². The van der Waals surface area contributed by atoms with Crippen LogP contribution in [0.3, 0.4) is 0 Å². The zero-order valence-corrected chi connectivity index (χ0v) is 18.6. The van der Waals surface area contributed by atoms with Crippen molar-refractivity contribution in [1.29, 1.82) is 0 Å². The molecule has 6 heteroatoms. The van der Waals surface area contributed by atoms with Gasteiger partial charge in [0, 0.05) is 10.8 Å². The van der Waals surface area contributed by atoms with Crippen LogP contribution in [0.4, 0.5) is 0 Å². The van der Waals surface area contributed by atoms with Crippen molar-refractivity contribution in [3.63, 3.8) is 0 Å². The predicted molar refractivity (Wildman–Crippen MR) is 85.4 cm³/mol. The van der Waals surface area contributed by atoms with Crippen LogP contribution in [0.15, 0.2) is 24.3 Å². The van der Waals surface area contributed by atoms with Crippen molar-refractivity contribution in [2.75, 3.05) is 0 Å². The molecule has 0 aromatic heterocycles. The van der Waals surface area contributed by atoms with E-state index in [4.69, 9.17) is 23.2 Å². The monoisotopic (exact) mass is 718 g/mol. The van der Waals surface area contributed by atoms with E-state index in [-0.39, 0.29) is 10.8 Å². The first-order valence-electron chi connectivity index (χ1n) is 6.12. The summed E-state index contributed by atoms with van der Waals surface area (Å²) in [6, 6.07) is 0. The first-order valence-corrected chi connectivity index (χ1v) is 12.6. The van der Waals surface area contributed by atoms with Crippen molar-refractivity contribution in [2.45, 2.75) is 36.4 Å². The van der Waals surface area contributed by atoms with Crippen LogP contribution in [0, 0.1) is 25.7 Å². The third-order valence-electron chi connectivity index (χ3n) is 2.95. The zero-order valence-electron chi connectivity index (χ0n) is 11.0. The van der Waals surface area contributed by atoms with Crippen LogP contribution in [0.1, 0.15) is 25.7 Å². The van der Waals surface area contributed by atoms with Gasteiger partial charge in [-0.15, -0.1) is 35.0 Å². The molecule has 124 valence electrons. The molecule has 0 heterocycles. The van der Waals surface area contributed by atoms with Gasteiger partial charge in [0.05, 0.1) is 0 Å². The third kappa shape index (κ3) is 12.5. The summed E-state index contributed by atoms with van der Waals surface area (Å²) in [6.07, 6.45) is 12.9. The molecule has 2 aliphatic rings. The summed E-state index contributed by atoms with van der Waals surface area (Å²) in [4.78, 5) is 0. The Labute approximate surface area is 164 Å². The van der Waals surface area contributed by atoms with Crippen molar-refractivity contribution in [3.05, 3.63) is 38.2 Å². The van der Waals surface area contributed by atoms with Crippen LogP contribution in [0.2, 0.25) is 0 Å². The van der Waals surface area contributed by atoms with Crippen molar-refractivity contribution >= 4 is 42.0 Å². The van der Waals surface area contributed by atoms with Gasteiger partial charge in [-0.1, -0.05) is 37.1 Å². The van der Waals surface area contributed by atoms with E-state index in [1.54, 1.807) is 37.5 Å². The molecule has 0 radical (unpaired) electrons. The quantitative estimate of drug-likeness (QED) is 0.160. The molecule has 0 spiro atoms. The van der Waals surface area contributed by atoms with Crippen LogP contribution in [0.25, 0.3) is 0 Å². The number of rotatable bonds is 0. The fourth-order valence-electron chi connectivity index (χ4n) is 1.71. The fraction of sp³-hybridized carbons (Fsp3) is 0.571. The topological polar surface area (TPSA) is 0 Å². The molecule has 0 aromatic rings.